The molecule has 1 fully saturated rings. The Kier molecular flexibility index (Phi) is 6.73. The summed E-state index contributed by atoms with van der Waals surface area (Å²) in [6.45, 7) is 1.19. The smallest absolute Gasteiger partial charge is 0.266 e. The predicted octanol–water partition coefficient (Wildman–Crippen LogP) is 4.66. The van der Waals surface area contributed by atoms with Crippen molar-refractivity contribution in [2.45, 2.75) is 25.7 Å². The fraction of sp³-hybridized carbons (Fsp3) is 0.292. The minimum absolute atomic E-state index is 0.0992. The van der Waals surface area contributed by atoms with Crippen molar-refractivity contribution >= 4 is 51.9 Å². The third kappa shape index (κ3) is 4.67. The van der Waals surface area contributed by atoms with Crippen LogP contribution < -0.4 is 9.64 Å². The van der Waals surface area contributed by atoms with E-state index in [9.17, 15) is 9.59 Å². The van der Waals surface area contributed by atoms with Gasteiger partial charge in [-0.15, -0.1) is 0 Å². The Morgan fingerprint density at radius 1 is 1.19 bits per heavy atom. The molecule has 31 heavy (non-hydrogen) atoms. The number of thiocarbonyl (C=S) groups is 1. The zero-order valence-corrected chi connectivity index (χ0v) is 19.0. The van der Waals surface area contributed by atoms with Gasteiger partial charge in [-0.3, -0.25) is 14.5 Å². The predicted molar refractivity (Wildman–Crippen MR) is 129 cm³/mol. The van der Waals surface area contributed by atoms with Crippen LogP contribution in [0.25, 0.3) is 6.08 Å². The lowest BCUT2D eigenvalue weighted by Crippen LogP contribution is -2.36. The fourth-order valence-corrected chi connectivity index (χ4v) is 5.24. The van der Waals surface area contributed by atoms with E-state index in [1.807, 2.05) is 53.4 Å². The Morgan fingerprint density at radius 3 is 2.81 bits per heavy atom. The van der Waals surface area contributed by atoms with Crippen LogP contribution in [0, 0.1) is 0 Å². The lowest BCUT2D eigenvalue weighted by atomic mass is 10.0. The molecule has 0 bridgehead atoms. The van der Waals surface area contributed by atoms with E-state index in [2.05, 4.69) is 6.07 Å². The van der Waals surface area contributed by atoms with Gasteiger partial charge < -0.3 is 9.64 Å². The van der Waals surface area contributed by atoms with Crippen molar-refractivity contribution in [3.8, 4) is 5.75 Å². The molecule has 2 aliphatic rings. The monoisotopic (exact) mass is 452 g/mol. The summed E-state index contributed by atoms with van der Waals surface area (Å²) in [4.78, 5) is 29.8. The molecule has 2 amide bonds. The molecule has 2 aromatic rings. The molecule has 2 heterocycles. The highest BCUT2D eigenvalue weighted by Crippen LogP contribution is 2.34. The van der Waals surface area contributed by atoms with E-state index < -0.39 is 0 Å². The molecule has 7 heteroatoms. The van der Waals surface area contributed by atoms with Crippen molar-refractivity contribution in [1.82, 2.24) is 4.90 Å². The van der Waals surface area contributed by atoms with E-state index in [1.54, 1.807) is 12.0 Å². The molecule has 4 rings (SSSR count). The van der Waals surface area contributed by atoms with Crippen LogP contribution in [0.3, 0.4) is 0 Å². The quantitative estimate of drug-likeness (QED) is 0.471. The van der Waals surface area contributed by atoms with E-state index in [1.165, 1.54) is 17.3 Å². The van der Waals surface area contributed by atoms with Crippen LogP contribution >= 0.6 is 24.0 Å². The Balaban J connectivity index is 1.37. The number of amides is 2. The number of ether oxygens (including phenoxy) is 1. The summed E-state index contributed by atoms with van der Waals surface area (Å²) in [7, 11) is 1.61. The standard InChI is InChI=1S/C24H24N2O3S2/c1-29-20-12-5-3-9-18(20)16-21-23(28)26(24(30)31-21)15-7-13-22(27)25-14-6-10-17-8-2-4-11-19(17)25/h2-5,8-9,11-12,16H,6-7,10,13-15H2,1H3/b21-16-. The molecule has 0 unspecified atom stereocenters. The van der Waals surface area contributed by atoms with Crippen LogP contribution in [0.2, 0.25) is 0 Å². The number of carbonyl (C=O) groups excluding carboxylic acids is 2. The first-order valence-corrected chi connectivity index (χ1v) is 11.6. The van der Waals surface area contributed by atoms with Gasteiger partial charge >= 0.3 is 0 Å². The first-order valence-electron chi connectivity index (χ1n) is 10.3. The minimum atomic E-state index is -0.114. The number of aryl methyl sites for hydroxylation is 1. The van der Waals surface area contributed by atoms with Crippen LogP contribution in [0.4, 0.5) is 5.69 Å². The minimum Gasteiger partial charge on any atom is -0.496 e. The van der Waals surface area contributed by atoms with Gasteiger partial charge in [0.15, 0.2) is 0 Å². The van der Waals surface area contributed by atoms with Crippen LogP contribution in [0.1, 0.15) is 30.4 Å². The number of carbonyl (C=O) groups is 2. The van der Waals surface area contributed by atoms with Crippen LogP contribution in [-0.2, 0) is 16.0 Å². The molecule has 1 saturated heterocycles. The normalized spacial score (nSPS) is 17.3. The van der Waals surface area contributed by atoms with Crippen molar-refractivity contribution in [3.05, 3.63) is 64.6 Å². The van der Waals surface area contributed by atoms with E-state index in [-0.39, 0.29) is 11.8 Å². The number of hydrogen-bond donors (Lipinski definition) is 0. The molecule has 2 aliphatic heterocycles. The van der Waals surface area contributed by atoms with E-state index in [4.69, 9.17) is 17.0 Å². The maximum Gasteiger partial charge on any atom is 0.266 e. The molecule has 160 valence electrons. The second-order valence-corrected chi connectivity index (χ2v) is 9.13. The number of para-hydroxylation sites is 2. The van der Waals surface area contributed by atoms with Gasteiger partial charge in [0.1, 0.15) is 10.1 Å². The molecule has 0 aliphatic carbocycles. The van der Waals surface area contributed by atoms with Gasteiger partial charge in [-0.25, -0.2) is 0 Å². The van der Waals surface area contributed by atoms with Gasteiger partial charge in [0.2, 0.25) is 5.91 Å². The molecule has 0 aromatic heterocycles. The molecular formula is C24H24N2O3S2. The third-order valence-electron chi connectivity index (χ3n) is 5.48. The lowest BCUT2D eigenvalue weighted by molar-refractivity contribution is -0.123. The second-order valence-electron chi connectivity index (χ2n) is 7.46. The van der Waals surface area contributed by atoms with Crippen molar-refractivity contribution < 1.29 is 14.3 Å². The first-order chi connectivity index (χ1) is 15.1. The van der Waals surface area contributed by atoms with Crippen molar-refractivity contribution in [1.29, 1.82) is 0 Å². The van der Waals surface area contributed by atoms with Crippen molar-refractivity contribution in [2.75, 3.05) is 25.1 Å². The number of benzene rings is 2. The number of fused-ring (bicyclic) bond motifs is 1. The summed E-state index contributed by atoms with van der Waals surface area (Å²) in [5.41, 5.74) is 3.08. The van der Waals surface area contributed by atoms with Crippen molar-refractivity contribution in [2.24, 2.45) is 0 Å². The second kappa shape index (κ2) is 9.66. The zero-order chi connectivity index (χ0) is 21.8. The number of thioether (sulfide) groups is 1. The molecule has 2 aromatic carbocycles. The average Bonchev–Trinajstić information content (AvgIpc) is 3.06. The Hall–Kier alpha value is -2.64. The van der Waals surface area contributed by atoms with Gasteiger partial charge in [-0.1, -0.05) is 60.4 Å². The fourth-order valence-electron chi connectivity index (χ4n) is 3.94. The number of rotatable bonds is 6. The van der Waals surface area contributed by atoms with E-state index >= 15 is 0 Å². The van der Waals surface area contributed by atoms with E-state index in [0.717, 1.165) is 30.6 Å². The van der Waals surface area contributed by atoms with Crippen molar-refractivity contribution in [3.63, 3.8) is 0 Å². The van der Waals surface area contributed by atoms with Gasteiger partial charge in [0.05, 0.1) is 12.0 Å². The van der Waals surface area contributed by atoms with Gasteiger partial charge in [-0.2, -0.15) is 0 Å². The molecule has 0 N–H and O–H groups in total. The molecule has 5 nitrogen and oxygen atoms in total. The summed E-state index contributed by atoms with van der Waals surface area (Å²) in [6.07, 6.45) is 4.76. The first kappa shape index (κ1) is 21.6. The van der Waals surface area contributed by atoms with Gasteiger partial charge in [0, 0.05) is 30.8 Å². The summed E-state index contributed by atoms with van der Waals surface area (Å²) in [5, 5.41) is 0. The van der Waals surface area contributed by atoms with Gasteiger partial charge in [0.25, 0.3) is 5.91 Å². The summed E-state index contributed by atoms with van der Waals surface area (Å²) >= 11 is 6.72. The average molecular weight is 453 g/mol. The van der Waals surface area contributed by atoms with Crippen LogP contribution in [0.15, 0.2) is 53.4 Å². The topological polar surface area (TPSA) is 49.9 Å². The summed E-state index contributed by atoms with van der Waals surface area (Å²) < 4.78 is 5.89. The molecule has 0 atom stereocenters. The number of methoxy groups -OCH3 is 1. The van der Waals surface area contributed by atoms with Crippen LogP contribution in [-0.4, -0.2) is 41.2 Å². The Morgan fingerprint density at radius 2 is 1.97 bits per heavy atom. The Bertz CT molecular complexity index is 1050. The van der Waals surface area contributed by atoms with Gasteiger partial charge in [-0.05, 0) is 43.0 Å². The molecule has 0 radical (unpaired) electrons. The summed E-state index contributed by atoms with van der Waals surface area (Å²) in [6, 6.07) is 15.6. The highest BCUT2D eigenvalue weighted by Gasteiger charge is 2.32. The highest BCUT2D eigenvalue weighted by atomic mass is 32.2. The molecule has 0 spiro atoms. The number of hydrogen-bond acceptors (Lipinski definition) is 5. The number of anilines is 1. The number of nitrogens with zero attached hydrogens (tertiary/aromatic N) is 2. The third-order valence-corrected chi connectivity index (χ3v) is 6.86. The Labute approximate surface area is 192 Å². The zero-order valence-electron chi connectivity index (χ0n) is 17.4. The molecular weight excluding hydrogens is 428 g/mol. The summed E-state index contributed by atoms with van der Waals surface area (Å²) in [5.74, 6) is 0.694. The SMILES string of the molecule is COc1ccccc1/C=C1\SC(=S)N(CCCC(=O)N2CCCc3ccccc32)C1=O. The highest BCUT2D eigenvalue weighted by molar-refractivity contribution is 8.26. The van der Waals surface area contributed by atoms with E-state index in [0.29, 0.717) is 34.4 Å². The van der Waals surface area contributed by atoms with Crippen LogP contribution in [0.5, 0.6) is 5.75 Å². The lowest BCUT2D eigenvalue weighted by Gasteiger charge is -2.29. The largest absolute Gasteiger partial charge is 0.496 e. The molecule has 0 saturated carbocycles. The maximum atomic E-state index is 12.9. The maximum absolute atomic E-state index is 12.9.